The van der Waals surface area contributed by atoms with Gasteiger partial charge in [0.2, 0.25) is 0 Å². The quantitative estimate of drug-likeness (QED) is 0.430. The average molecular weight is 137 g/mol. The Morgan fingerprint density at radius 1 is 1.60 bits per heavy atom. The standard InChI is InChI=1S/C3H6OSe/c1-2-5-3-4-1/h1-3H2. The molecule has 0 radical (unpaired) electrons. The van der Waals surface area contributed by atoms with Crippen LogP contribution >= 0.6 is 0 Å². The molecular formula is C3H6OSe. The second-order valence-corrected chi connectivity index (χ2v) is 3.14. The van der Waals surface area contributed by atoms with Crippen molar-refractivity contribution in [3.05, 3.63) is 0 Å². The fourth-order valence-corrected chi connectivity index (χ4v) is 1.53. The molecule has 1 aliphatic rings. The van der Waals surface area contributed by atoms with Crippen LogP contribution in [0, 0.1) is 0 Å². The monoisotopic (exact) mass is 138 g/mol. The van der Waals surface area contributed by atoms with Crippen LogP contribution in [0.3, 0.4) is 0 Å². The Kier molecular flexibility index (Phi) is 1.32. The molecule has 0 N–H and O–H groups in total. The van der Waals surface area contributed by atoms with Gasteiger partial charge in [-0.25, -0.2) is 0 Å². The minimum atomic E-state index is 0.847. The summed E-state index contributed by atoms with van der Waals surface area (Å²) in [5.74, 6) is 0. The first-order valence-corrected chi connectivity index (χ1v) is 4.08. The van der Waals surface area contributed by atoms with Crippen molar-refractivity contribution in [2.45, 2.75) is 5.32 Å². The predicted octanol–water partition coefficient (Wildman–Crippen LogP) is 0.0966. The molecular weight excluding hydrogens is 131 g/mol. The van der Waals surface area contributed by atoms with Crippen molar-refractivity contribution >= 4 is 15.0 Å². The van der Waals surface area contributed by atoms with Crippen molar-refractivity contribution in [1.82, 2.24) is 0 Å². The molecule has 1 nitrogen and oxygen atoms in total. The van der Waals surface area contributed by atoms with Crippen LogP contribution in [0.15, 0.2) is 0 Å². The summed E-state index contributed by atoms with van der Waals surface area (Å²) in [4.78, 5) is 0. The predicted molar refractivity (Wildman–Crippen MR) is 21.4 cm³/mol. The molecule has 0 aliphatic carbocycles. The van der Waals surface area contributed by atoms with Crippen LogP contribution in [0.4, 0.5) is 0 Å². The van der Waals surface area contributed by atoms with E-state index in [1.54, 1.807) is 0 Å². The van der Waals surface area contributed by atoms with Crippen molar-refractivity contribution < 1.29 is 4.74 Å². The van der Waals surface area contributed by atoms with Crippen molar-refractivity contribution in [3.63, 3.8) is 0 Å². The van der Waals surface area contributed by atoms with E-state index in [2.05, 4.69) is 0 Å². The maximum atomic E-state index is 4.97. The number of ether oxygens (including phenoxy) is 1. The van der Waals surface area contributed by atoms with E-state index in [4.69, 9.17) is 4.74 Å². The topological polar surface area (TPSA) is 9.23 Å². The molecule has 0 aromatic rings. The molecule has 0 aromatic carbocycles. The zero-order valence-electron chi connectivity index (χ0n) is 2.94. The third-order valence-corrected chi connectivity index (χ3v) is 2.19. The maximum absolute atomic E-state index is 4.97. The van der Waals surface area contributed by atoms with Gasteiger partial charge >= 0.3 is 37.1 Å². The van der Waals surface area contributed by atoms with Gasteiger partial charge in [0.25, 0.3) is 0 Å². The van der Waals surface area contributed by atoms with E-state index in [0.29, 0.717) is 0 Å². The Hall–Kier alpha value is 0.479. The van der Waals surface area contributed by atoms with E-state index >= 15 is 0 Å². The molecule has 1 saturated heterocycles. The molecule has 0 bridgehead atoms. The van der Waals surface area contributed by atoms with Gasteiger partial charge in [-0.15, -0.1) is 0 Å². The molecule has 0 aromatic heterocycles. The Morgan fingerprint density at radius 3 is 2.80 bits per heavy atom. The van der Waals surface area contributed by atoms with E-state index in [1.807, 2.05) is 0 Å². The molecule has 1 aliphatic heterocycles. The van der Waals surface area contributed by atoms with Crippen LogP contribution < -0.4 is 0 Å². The summed E-state index contributed by atoms with van der Waals surface area (Å²) < 4.78 is 4.97. The summed E-state index contributed by atoms with van der Waals surface area (Å²) in [5.41, 5.74) is 1.06. The summed E-state index contributed by atoms with van der Waals surface area (Å²) >= 11 is 0.847. The third-order valence-electron chi connectivity index (χ3n) is 0.539. The minimum absolute atomic E-state index is 0.847. The number of hydrogen-bond acceptors (Lipinski definition) is 1. The first-order chi connectivity index (χ1) is 2.50. The van der Waals surface area contributed by atoms with Crippen molar-refractivity contribution in [2.24, 2.45) is 0 Å². The van der Waals surface area contributed by atoms with Crippen LogP contribution in [0.5, 0.6) is 0 Å². The van der Waals surface area contributed by atoms with Gasteiger partial charge in [0, 0.05) is 0 Å². The van der Waals surface area contributed by atoms with Crippen LogP contribution in [0.2, 0.25) is 5.32 Å². The third kappa shape index (κ3) is 0.917. The summed E-state index contributed by atoms with van der Waals surface area (Å²) in [5, 5.41) is 1.34. The number of hydrogen-bond donors (Lipinski definition) is 0. The molecule has 0 atom stereocenters. The summed E-state index contributed by atoms with van der Waals surface area (Å²) in [7, 11) is 0. The molecule has 30 valence electrons. The van der Waals surface area contributed by atoms with E-state index in [9.17, 15) is 0 Å². The Bertz CT molecular complexity index is 18.5. The summed E-state index contributed by atoms with van der Waals surface area (Å²) in [6.45, 7) is 1.03. The second kappa shape index (κ2) is 1.81. The van der Waals surface area contributed by atoms with Crippen LogP contribution in [-0.4, -0.2) is 27.1 Å². The van der Waals surface area contributed by atoms with Gasteiger partial charge in [0.1, 0.15) is 0 Å². The van der Waals surface area contributed by atoms with Gasteiger partial charge < -0.3 is 0 Å². The molecule has 2 heteroatoms. The SMILES string of the molecule is C1C[Se]CO1. The Balaban J connectivity index is 2.08. The average Bonchev–Trinajstić information content (AvgIpc) is 1.76. The van der Waals surface area contributed by atoms with E-state index in [-0.39, 0.29) is 0 Å². The summed E-state index contributed by atoms with van der Waals surface area (Å²) in [6, 6.07) is 0. The van der Waals surface area contributed by atoms with E-state index < -0.39 is 0 Å². The van der Waals surface area contributed by atoms with Crippen molar-refractivity contribution in [2.75, 3.05) is 12.1 Å². The van der Waals surface area contributed by atoms with Gasteiger partial charge in [0.05, 0.1) is 0 Å². The normalized spacial score (nSPS) is 24.0. The molecule has 0 saturated carbocycles. The zero-order chi connectivity index (χ0) is 3.54. The molecule has 0 amide bonds. The van der Waals surface area contributed by atoms with Crippen LogP contribution in [0.25, 0.3) is 0 Å². The van der Waals surface area contributed by atoms with Gasteiger partial charge in [-0.3, -0.25) is 0 Å². The van der Waals surface area contributed by atoms with Crippen LogP contribution in [-0.2, 0) is 4.74 Å². The molecule has 0 spiro atoms. The van der Waals surface area contributed by atoms with Crippen molar-refractivity contribution in [3.8, 4) is 0 Å². The van der Waals surface area contributed by atoms with Gasteiger partial charge in [-0.1, -0.05) is 0 Å². The van der Waals surface area contributed by atoms with Gasteiger partial charge in [-0.2, -0.15) is 0 Å². The first-order valence-electron chi connectivity index (χ1n) is 1.65. The Morgan fingerprint density at radius 2 is 2.60 bits per heavy atom. The second-order valence-electron chi connectivity index (χ2n) is 0.934. The van der Waals surface area contributed by atoms with Crippen molar-refractivity contribution in [1.29, 1.82) is 0 Å². The molecule has 0 unspecified atom stereocenters. The number of rotatable bonds is 0. The molecule has 1 rings (SSSR count). The Labute approximate surface area is 37.9 Å². The van der Waals surface area contributed by atoms with Gasteiger partial charge in [0.15, 0.2) is 0 Å². The molecule has 5 heavy (non-hydrogen) atoms. The zero-order valence-corrected chi connectivity index (χ0v) is 4.65. The molecule has 1 fully saturated rings. The fourth-order valence-electron chi connectivity index (χ4n) is 0.295. The van der Waals surface area contributed by atoms with Crippen LogP contribution in [0.1, 0.15) is 0 Å². The van der Waals surface area contributed by atoms with Gasteiger partial charge in [-0.05, 0) is 0 Å². The fraction of sp³-hybridized carbons (Fsp3) is 1.00. The first kappa shape index (κ1) is 3.66. The summed E-state index contributed by atoms with van der Waals surface area (Å²) in [6.07, 6.45) is 0. The van der Waals surface area contributed by atoms with E-state index in [1.165, 1.54) is 5.32 Å². The van der Waals surface area contributed by atoms with E-state index in [0.717, 1.165) is 27.1 Å². The molecule has 1 heterocycles.